The van der Waals surface area contributed by atoms with Crippen LogP contribution in [0.4, 0.5) is 13.2 Å². The number of carbonyl (C=O) groups excluding carboxylic acids is 2. The number of pyridine rings is 1. The van der Waals surface area contributed by atoms with Crippen molar-refractivity contribution < 1.29 is 27.5 Å². The molecule has 2 N–H and O–H groups in total. The van der Waals surface area contributed by atoms with Gasteiger partial charge in [0.05, 0.1) is 18.0 Å². The van der Waals surface area contributed by atoms with Gasteiger partial charge in [-0.15, -0.1) is 0 Å². The van der Waals surface area contributed by atoms with E-state index in [1.807, 2.05) is 0 Å². The number of likely N-dealkylation sites (tertiary alicyclic amines) is 1. The second-order valence-electron chi connectivity index (χ2n) is 7.68. The van der Waals surface area contributed by atoms with E-state index in [1.54, 1.807) is 37.0 Å². The zero-order valence-corrected chi connectivity index (χ0v) is 16.8. The highest BCUT2D eigenvalue weighted by Gasteiger charge is 2.58. The molecule has 3 rings (SSSR count). The Labute approximate surface area is 171 Å². The molecule has 0 radical (unpaired) electrons. The summed E-state index contributed by atoms with van der Waals surface area (Å²) in [7, 11) is 0. The maximum absolute atomic E-state index is 13.0. The van der Waals surface area contributed by atoms with Crippen LogP contribution in [-0.2, 0) is 9.59 Å². The van der Waals surface area contributed by atoms with Gasteiger partial charge >= 0.3 is 6.18 Å². The van der Waals surface area contributed by atoms with Crippen molar-refractivity contribution in [3.8, 4) is 5.88 Å². The van der Waals surface area contributed by atoms with Gasteiger partial charge in [0.15, 0.2) is 6.61 Å². The lowest BCUT2D eigenvalue weighted by Crippen LogP contribution is -2.35. The molecule has 2 unspecified atom stereocenters. The molecule has 1 fully saturated rings. The Balaban J connectivity index is 1.73. The zero-order valence-electron chi connectivity index (χ0n) is 16.8. The minimum absolute atomic E-state index is 0.0742. The Hall–Kier alpha value is -2.91. The first kappa shape index (κ1) is 21.8. The number of aromatic nitrogens is 1. The summed E-state index contributed by atoms with van der Waals surface area (Å²) in [5.41, 5.74) is 0.542. The third-order valence-electron chi connectivity index (χ3n) is 5.44. The van der Waals surface area contributed by atoms with E-state index in [9.17, 15) is 22.8 Å². The van der Waals surface area contributed by atoms with Gasteiger partial charge in [-0.3, -0.25) is 9.59 Å². The molecule has 1 aliphatic heterocycles. The third kappa shape index (κ3) is 4.31. The molecule has 0 aromatic carbocycles. The van der Waals surface area contributed by atoms with E-state index in [1.165, 1.54) is 13.1 Å². The van der Waals surface area contributed by atoms with Gasteiger partial charge < -0.3 is 20.4 Å². The number of nitrogens with zero attached hydrogens (tertiary/aromatic N) is 2. The predicted octanol–water partition coefficient (Wildman–Crippen LogP) is 2.56. The molecule has 1 aromatic rings. The summed E-state index contributed by atoms with van der Waals surface area (Å²) >= 11 is 0. The highest BCUT2D eigenvalue weighted by atomic mass is 19.4. The Morgan fingerprint density at radius 1 is 1.47 bits per heavy atom. The highest BCUT2D eigenvalue weighted by molar-refractivity contribution is 6.03. The van der Waals surface area contributed by atoms with Gasteiger partial charge in [0.1, 0.15) is 0 Å². The first-order valence-electron chi connectivity index (χ1n) is 9.44. The van der Waals surface area contributed by atoms with Crippen molar-refractivity contribution in [2.75, 3.05) is 19.7 Å². The van der Waals surface area contributed by atoms with E-state index in [0.29, 0.717) is 17.7 Å². The van der Waals surface area contributed by atoms with Gasteiger partial charge in [-0.2, -0.15) is 13.2 Å². The fourth-order valence-corrected chi connectivity index (χ4v) is 3.66. The molecule has 1 saturated heterocycles. The van der Waals surface area contributed by atoms with Crippen molar-refractivity contribution in [1.82, 2.24) is 15.2 Å². The van der Waals surface area contributed by atoms with Crippen molar-refractivity contribution in [2.45, 2.75) is 33.0 Å². The second-order valence-corrected chi connectivity index (χ2v) is 7.68. The van der Waals surface area contributed by atoms with E-state index in [2.05, 4.69) is 10.3 Å². The lowest BCUT2D eigenvalue weighted by atomic mass is 9.86. The van der Waals surface area contributed by atoms with Gasteiger partial charge in [0.2, 0.25) is 17.7 Å². The average molecular weight is 424 g/mol. The number of alkyl halides is 3. The minimum atomic E-state index is -4.45. The van der Waals surface area contributed by atoms with Crippen LogP contribution in [0.3, 0.4) is 0 Å². The lowest BCUT2D eigenvalue weighted by molar-refractivity contribution is -0.154. The molecule has 2 atom stereocenters. The molecule has 7 nitrogen and oxygen atoms in total. The van der Waals surface area contributed by atoms with Gasteiger partial charge in [-0.1, -0.05) is 12.2 Å². The fourth-order valence-electron chi connectivity index (χ4n) is 3.66. The first-order chi connectivity index (χ1) is 13.9. The second kappa shape index (κ2) is 7.73. The van der Waals surface area contributed by atoms with Gasteiger partial charge in [0.25, 0.3) is 0 Å². The summed E-state index contributed by atoms with van der Waals surface area (Å²) in [4.78, 5) is 29.8. The van der Waals surface area contributed by atoms with Crippen LogP contribution in [0.1, 0.15) is 31.0 Å². The van der Waals surface area contributed by atoms with Crippen LogP contribution in [0.2, 0.25) is 0 Å². The summed E-state index contributed by atoms with van der Waals surface area (Å²) in [5.74, 6) is -0.863. The number of carbonyl (C=O) groups is 2. The number of amides is 2. The normalized spacial score (nSPS) is 20.4. The predicted molar refractivity (Wildman–Crippen MR) is 102 cm³/mol. The van der Waals surface area contributed by atoms with Crippen LogP contribution in [-0.4, -0.2) is 53.3 Å². The zero-order chi connectivity index (χ0) is 22.3. The van der Waals surface area contributed by atoms with Gasteiger partial charge in [-0.25, -0.2) is 4.98 Å². The lowest BCUT2D eigenvalue weighted by Gasteiger charge is -2.25. The fraction of sp³-hybridized carbons (Fsp3) is 0.500. The molecule has 1 spiro atoms. The van der Waals surface area contributed by atoms with E-state index < -0.39 is 24.2 Å². The molecular formula is C20H23F3N4O3. The molecule has 1 aromatic heterocycles. The van der Waals surface area contributed by atoms with E-state index in [4.69, 9.17) is 10.1 Å². The number of ether oxygens (including phenoxy) is 1. The van der Waals surface area contributed by atoms with E-state index >= 15 is 0 Å². The van der Waals surface area contributed by atoms with Crippen LogP contribution >= 0.6 is 0 Å². The topological polar surface area (TPSA) is 95.4 Å². The minimum Gasteiger partial charge on any atom is -0.468 e. The first-order valence-corrected chi connectivity index (χ1v) is 9.44. The van der Waals surface area contributed by atoms with Crippen LogP contribution in [0.15, 0.2) is 24.4 Å². The van der Waals surface area contributed by atoms with Crippen molar-refractivity contribution in [2.24, 2.45) is 11.3 Å². The number of hydrogen-bond acceptors (Lipinski definition) is 5. The molecule has 2 heterocycles. The maximum Gasteiger partial charge on any atom is 0.422 e. The molecule has 2 amide bonds. The van der Waals surface area contributed by atoms with E-state index in [0.717, 1.165) is 0 Å². The number of halogens is 3. The smallest absolute Gasteiger partial charge is 0.422 e. The van der Waals surface area contributed by atoms with Gasteiger partial charge in [0, 0.05) is 36.9 Å². The molecule has 30 heavy (non-hydrogen) atoms. The Morgan fingerprint density at radius 3 is 2.67 bits per heavy atom. The molecule has 0 bridgehead atoms. The molecule has 162 valence electrons. The summed E-state index contributed by atoms with van der Waals surface area (Å²) < 4.78 is 41.8. The molecular weight excluding hydrogens is 401 g/mol. The van der Waals surface area contributed by atoms with Crippen LogP contribution in [0.25, 0.3) is 0 Å². The third-order valence-corrected chi connectivity index (χ3v) is 5.44. The SMILES string of the molecule is CC(=O)NCC(=N)C1CN(C(C)c2cnc(OCC(F)(F)F)c(C)c2)C(=O)C12C=C2. The highest BCUT2D eigenvalue weighted by Crippen LogP contribution is 2.51. The summed E-state index contributed by atoms with van der Waals surface area (Å²) in [5, 5.41) is 10.9. The standard InChI is InChI=1S/C20H23F3N4O3/c1-11-6-14(7-26-17(11)30-10-20(21,22)23)12(2)27-9-15(16(24)8-25-13(3)28)19(4-5-19)18(27)29/h4-7,12,15,24H,8-10H2,1-3H3,(H,25,28). The quantitative estimate of drug-likeness (QED) is 0.520. The molecule has 0 saturated carbocycles. The average Bonchev–Trinajstić information content (AvgIpc) is 3.40. The van der Waals surface area contributed by atoms with Crippen LogP contribution in [0.5, 0.6) is 5.88 Å². The maximum atomic E-state index is 13.0. The Bertz CT molecular complexity index is 907. The summed E-state index contributed by atoms with van der Waals surface area (Å²) in [6, 6.07) is 1.26. The number of rotatable bonds is 7. The van der Waals surface area contributed by atoms with Gasteiger partial charge in [-0.05, 0) is 25.5 Å². The summed E-state index contributed by atoms with van der Waals surface area (Å²) in [6.07, 6.45) is 0.489. The Kier molecular flexibility index (Phi) is 5.62. The van der Waals surface area contributed by atoms with Crippen molar-refractivity contribution in [3.63, 3.8) is 0 Å². The van der Waals surface area contributed by atoms with Crippen molar-refractivity contribution in [1.29, 1.82) is 5.41 Å². The largest absolute Gasteiger partial charge is 0.468 e. The number of nitrogens with one attached hydrogen (secondary N) is 2. The van der Waals surface area contributed by atoms with Crippen molar-refractivity contribution in [3.05, 3.63) is 35.5 Å². The summed E-state index contributed by atoms with van der Waals surface area (Å²) in [6.45, 7) is 3.72. The van der Waals surface area contributed by atoms with Crippen LogP contribution in [0, 0.1) is 23.7 Å². The Morgan fingerprint density at radius 2 is 2.13 bits per heavy atom. The van der Waals surface area contributed by atoms with E-state index in [-0.39, 0.29) is 35.9 Å². The van der Waals surface area contributed by atoms with Crippen molar-refractivity contribution >= 4 is 17.5 Å². The molecule has 2 aliphatic rings. The van der Waals surface area contributed by atoms with Crippen LogP contribution < -0.4 is 10.1 Å². The molecule has 10 heteroatoms. The number of hydrogen-bond donors (Lipinski definition) is 2. The monoisotopic (exact) mass is 424 g/mol. The number of aryl methyl sites for hydroxylation is 1. The molecule has 1 aliphatic carbocycles.